The van der Waals surface area contributed by atoms with Gasteiger partial charge in [0.25, 0.3) is 0 Å². The number of amides is 1. The molecule has 0 rings (SSSR count). The zero-order valence-electron chi connectivity index (χ0n) is 11.5. The van der Waals surface area contributed by atoms with Crippen LogP contribution >= 0.6 is 0 Å². The molecule has 0 heterocycles. The number of carbonyl (C=O) groups excluding carboxylic acids is 2. The lowest BCUT2D eigenvalue weighted by Gasteiger charge is -2.11. The second kappa shape index (κ2) is 9.65. The molecule has 0 saturated heterocycles. The van der Waals surface area contributed by atoms with E-state index in [1.807, 2.05) is 13.8 Å². The van der Waals surface area contributed by atoms with E-state index in [9.17, 15) is 9.59 Å². The third-order valence-electron chi connectivity index (χ3n) is 2.45. The van der Waals surface area contributed by atoms with Crippen molar-refractivity contribution in [1.29, 1.82) is 0 Å². The molecule has 0 aliphatic carbocycles. The number of hydrogen-bond acceptors (Lipinski definition) is 4. The lowest BCUT2D eigenvalue weighted by molar-refractivity contribution is -0.138. The summed E-state index contributed by atoms with van der Waals surface area (Å²) in [7, 11) is 0. The van der Waals surface area contributed by atoms with Crippen LogP contribution in [0, 0.1) is 0 Å². The van der Waals surface area contributed by atoms with Crippen molar-refractivity contribution >= 4 is 11.9 Å². The zero-order valence-corrected chi connectivity index (χ0v) is 11.5. The highest BCUT2D eigenvalue weighted by Gasteiger charge is 2.08. The minimum Gasteiger partial charge on any atom is -0.463 e. The van der Waals surface area contributed by atoms with Gasteiger partial charge in [-0.15, -0.1) is 0 Å². The molecule has 0 aromatic rings. The van der Waals surface area contributed by atoms with Crippen LogP contribution in [0.1, 0.15) is 33.6 Å². The van der Waals surface area contributed by atoms with Crippen molar-refractivity contribution in [1.82, 2.24) is 10.6 Å². The summed E-state index contributed by atoms with van der Waals surface area (Å²) in [5.41, 5.74) is 0.374. The number of esters is 1. The van der Waals surface area contributed by atoms with Crippen molar-refractivity contribution in [2.24, 2.45) is 0 Å². The van der Waals surface area contributed by atoms with E-state index < -0.39 is 5.97 Å². The van der Waals surface area contributed by atoms with Crippen LogP contribution in [0.3, 0.4) is 0 Å². The summed E-state index contributed by atoms with van der Waals surface area (Å²) in [5, 5.41) is 5.85. The summed E-state index contributed by atoms with van der Waals surface area (Å²) in [6.07, 6.45) is 1.30. The normalized spacial score (nSPS) is 11.7. The molecule has 0 aromatic carbocycles. The fourth-order valence-electron chi connectivity index (χ4n) is 1.20. The first-order valence-corrected chi connectivity index (χ1v) is 6.36. The van der Waals surface area contributed by atoms with Crippen molar-refractivity contribution in [2.45, 2.75) is 39.7 Å². The van der Waals surface area contributed by atoms with Crippen molar-refractivity contribution in [3.63, 3.8) is 0 Å². The zero-order chi connectivity index (χ0) is 14.0. The van der Waals surface area contributed by atoms with E-state index in [2.05, 4.69) is 17.2 Å². The topological polar surface area (TPSA) is 67.4 Å². The smallest absolute Gasteiger partial charge is 0.334 e. The molecule has 0 bridgehead atoms. The first-order chi connectivity index (χ1) is 8.51. The van der Waals surface area contributed by atoms with Gasteiger partial charge < -0.3 is 15.4 Å². The van der Waals surface area contributed by atoms with Crippen LogP contribution in [0.4, 0.5) is 0 Å². The number of hydrogen-bond donors (Lipinski definition) is 2. The van der Waals surface area contributed by atoms with Gasteiger partial charge in [0.2, 0.25) is 5.91 Å². The molecule has 0 spiro atoms. The van der Waals surface area contributed by atoms with E-state index in [1.165, 1.54) is 0 Å². The summed E-state index contributed by atoms with van der Waals surface area (Å²) < 4.78 is 4.79. The third kappa shape index (κ3) is 7.84. The van der Waals surface area contributed by atoms with Gasteiger partial charge in [-0.2, -0.15) is 0 Å². The lowest BCUT2D eigenvalue weighted by atomic mass is 10.2. The molecule has 0 radical (unpaired) electrons. The molecule has 5 nitrogen and oxygen atoms in total. The molecule has 0 aliphatic rings. The molecule has 0 saturated carbocycles. The molecule has 104 valence electrons. The van der Waals surface area contributed by atoms with Crippen LogP contribution in [0.5, 0.6) is 0 Å². The molecule has 0 fully saturated rings. The van der Waals surface area contributed by atoms with Crippen molar-refractivity contribution in [2.75, 3.05) is 19.7 Å². The Kier molecular flexibility index (Phi) is 8.92. The van der Waals surface area contributed by atoms with E-state index in [0.29, 0.717) is 31.7 Å². The van der Waals surface area contributed by atoms with Gasteiger partial charge >= 0.3 is 5.97 Å². The Morgan fingerprint density at radius 2 is 2.00 bits per heavy atom. The second-order valence-corrected chi connectivity index (χ2v) is 4.13. The molecule has 2 N–H and O–H groups in total. The number of ether oxygens (including phenoxy) is 1. The first-order valence-electron chi connectivity index (χ1n) is 6.36. The largest absolute Gasteiger partial charge is 0.463 e. The van der Waals surface area contributed by atoms with Crippen LogP contribution in [-0.2, 0) is 14.3 Å². The van der Waals surface area contributed by atoms with E-state index >= 15 is 0 Å². The summed E-state index contributed by atoms with van der Waals surface area (Å²) in [6, 6.07) is 0.201. The van der Waals surface area contributed by atoms with Crippen molar-refractivity contribution in [3.05, 3.63) is 12.2 Å². The maximum atomic E-state index is 11.4. The fourth-order valence-corrected chi connectivity index (χ4v) is 1.20. The number of carbonyl (C=O) groups is 2. The van der Waals surface area contributed by atoms with Gasteiger partial charge in [0.05, 0.1) is 6.61 Å². The van der Waals surface area contributed by atoms with E-state index in [0.717, 1.165) is 6.42 Å². The van der Waals surface area contributed by atoms with Gasteiger partial charge in [-0.3, -0.25) is 4.79 Å². The Balaban J connectivity index is 3.64. The maximum absolute atomic E-state index is 11.4. The van der Waals surface area contributed by atoms with Crippen LogP contribution < -0.4 is 10.6 Å². The van der Waals surface area contributed by atoms with Crippen molar-refractivity contribution < 1.29 is 14.3 Å². The Morgan fingerprint density at radius 3 is 2.56 bits per heavy atom. The Hall–Kier alpha value is -1.36. The Morgan fingerprint density at radius 1 is 1.33 bits per heavy atom. The highest BCUT2D eigenvalue weighted by atomic mass is 16.5. The molecule has 5 heteroatoms. The average molecular weight is 256 g/mol. The van der Waals surface area contributed by atoms with Gasteiger partial charge in [0.1, 0.15) is 0 Å². The first kappa shape index (κ1) is 16.6. The van der Waals surface area contributed by atoms with Gasteiger partial charge in [-0.25, -0.2) is 4.79 Å². The molecular formula is C13H24N2O3. The average Bonchev–Trinajstić information content (AvgIpc) is 2.34. The molecule has 1 unspecified atom stereocenters. The summed E-state index contributed by atoms with van der Waals surface area (Å²) >= 11 is 0. The van der Waals surface area contributed by atoms with E-state index in [1.54, 1.807) is 6.92 Å². The Bertz CT molecular complexity index is 290. The van der Waals surface area contributed by atoms with Crippen molar-refractivity contribution in [3.8, 4) is 0 Å². The second-order valence-electron chi connectivity index (χ2n) is 4.13. The van der Waals surface area contributed by atoms with Gasteiger partial charge in [0, 0.05) is 31.1 Å². The van der Waals surface area contributed by atoms with Gasteiger partial charge in [-0.1, -0.05) is 13.5 Å². The lowest BCUT2D eigenvalue weighted by Crippen LogP contribution is -2.34. The maximum Gasteiger partial charge on any atom is 0.334 e. The van der Waals surface area contributed by atoms with Crippen LogP contribution in [0.15, 0.2) is 12.2 Å². The monoisotopic (exact) mass is 256 g/mol. The predicted molar refractivity (Wildman–Crippen MR) is 71.2 cm³/mol. The van der Waals surface area contributed by atoms with Gasteiger partial charge in [-0.05, 0) is 20.3 Å². The van der Waals surface area contributed by atoms with Gasteiger partial charge in [0.15, 0.2) is 0 Å². The molecule has 18 heavy (non-hydrogen) atoms. The molecule has 1 atom stereocenters. The highest BCUT2D eigenvalue weighted by molar-refractivity contribution is 5.88. The number of rotatable bonds is 9. The predicted octanol–water partition coefficient (Wildman–Crippen LogP) is 1.00. The van der Waals surface area contributed by atoms with E-state index in [-0.39, 0.29) is 11.9 Å². The van der Waals surface area contributed by atoms with E-state index in [4.69, 9.17) is 4.74 Å². The minimum absolute atomic E-state index is 0.0126. The summed E-state index contributed by atoms with van der Waals surface area (Å²) in [6.45, 7) is 10.5. The summed E-state index contributed by atoms with van der Waals surface area (Å²) in [5.74, 6) is -0.382. The van der Waals surface area contributed by atoms with Crippen LogP contribution in [0.25, 0.3) is 0 Å². The third-order valence-corrected chi connectivity index (χ3v) is 2.45. The minimum atomic E-state index is -0.394. The quantitative estimate of drug-likeness (QED) is 0.367. The Labute approximate surface area is 109 Å². The standard InChI is InChI=1S/C13H24N2O3/c1-5-11(4)15-12(16)7-8-14-9-10(3)13(17)18-6-2/h11,14H,3,5-9H2,1-2,4H3,(H,15,16). The summed E-state index contributed by atoms with van der Waals surface area (Å²) in [4.78, 5) is 22.6. The van der Waals surface area contributed by atoms with Crippen LogP contribution in [0.2, 0.25) is 0 Å². The molecule has 1 amide bonds. The molecule has 0 aliphatic heterocycles. The molecule has 0 aromatic heterocycles. The fraction of sp³-hybridized carbons (Fsp3) is 0.692. The van der Waals surface area contributed by atoms with Crippen LogP contribution in [-0.4, -0.2) is 37.6 Å². The molecular weight excluding hydrogens is 232 g/mol. The highest BCUT2D eigenvalue weighted by Crippen LogP contribution is 1.93. The SMILES string of the molecule is C=C(CNCCC(=O)NC(C)CC)C(=O)OCC. The number of nitrogens with one attached hydrogen (secondary N) is 2.